The van der Waals surface area contributed by atoms with E-state index in [1.165, 1.54) is 5.19 Å². The van der Waals surface area contributed by atoms with Crippen molar-refractivity contribution in [2.24, 2.45) is 5.92 Å². The third-order valence-electron chi connectivity index (χ3n) is 9.86. The number of nitrogens with two attached hydrogens (primary N) is 1. The number of nitrogens with one attached hydrogen (secondary N) is 1. The Kier molecular flexibility index (Phi) is 8.50. The zero-order valence-electron chi connectivity index (χ0n) is 26.7. The third kappa shape index (κ3) is 5.38. The summed E-state index contributed by atoms with van der Waals surface area (Å²) >= 11 is 0. The summed E-state index contributed by atoms with van der Waals surface area (Å²) < 4.78 is 12.4. The van der Waals surface area contributed by atoms with Crippen LogP contribution in [0.1, 0.15) is 34.8 Å². The SMILES string of the molecule is COc1ccc([Si](C)(C)[C@H]2[C@H](CCO)O[C@@]3(C(=O)N(Cc4ccccc4)c4ccc(NC(=O)c5ccc(N)cc5)cc43)[C@@H]2C)cc1. The number of carbonyl (C=O) groups is 2. The van der Waals surface area contributed by atoms with Crippen LogP contribution in [0.15, 0.2) is 97.1 Å². The van der Waals surface area contributed by atoms with Crippen LogP contribution in [0.4, 0.5) is 17.1 Å². The fourth-order valence-corrected chi connectivity index (χ4v) is 11.6. The summed E-state index contributed by atoms with van der Waals surface area (Å²) in [6, 6.07) is 30.5. The molecule has 8 nitrogen and oxygen atoms in total. The predicted molar refractivity (Wildman–Crippen MR) is 184 cm³/mol. The van der Waals surface area contributed by atoms with Crippen molar-refractivity contribution in [3.05, 3.63) is 114 Å². The number of fused-ring (bicyclic) bond motifs is 2. The Morgan fingerprint density at radius 1 is 1.02 bits per heavy atom. The molecule has 0 aromatic heterocycles. The minimum absolute atomic E-state index is 0.00884. The average Bonchev–Trinajstić information content (AvgIpc) is 3.48. The molecule has 4 aromatic carbocycles. The zero-order valence-corrected chi connectivity index (χ0v) is 27.7. The Labute approximate surface area is 271 Å². The van der Waals surface area contributed by atoms with Crippen molar-refractivity contribution in [2.45, 2.75) is 50.2 Å². The maximum atomic E-state index is 14.9. The molecule has 0 aliphatic carbocycles. The van der Waals surface area contributed by atoms with Crippen molar-refractivity contribution >= 4 is 42.1 Å². The van der Waals surface area contributed by atoms with E-state index in [0.29, 0.717) is 29.9 Å². The Balaban J connectivity index is 1.44. The molecule has 2 heterocycles. The summed E-state index contributed by atoms with van der Waals surface area (Å²) in [7, 11) is -0.662. The van der Waals surface area contributed by atoms with E-state index >= 15 is 0 Å². The van der Waals surface area contributed by atoms with Gasteiger partial charge >= 0.3 is 0 Å². The molecular weight excluding hydrogens is 595 g/mol. The van der Waals surface area contributed by atoms with E-state index in [1.54, 1.807) is 31.4 Å². The molecule has 1 spiro atoms. The normalized spacial score (nSPS) is 22.2. The highest BCUT2D eigenvalue weighted by Crippen LogP contribution is 2.60. The number of benzene rings is 4. The molecule has 6 rings (SSSR count). The van der Waals surface area contributed by atoms with Gasteiger partial charge in [-0.05, 0) is 72.1 Å². The Morgan fingerprint density at radius 2 is 1.72 bits per heavy atom. The van der Waals surface area contributed by atoms with E-state index in [2.05, 4.69) is 37.5 Å². The second-order valence-corrected chi connectivity index (χ2v) is 17.5. The number of nitrogen functional groups attached to an aromatic ring is 1. The van der Waals surface area contributed by atoms with Crippen LogP contribution >= 0.6 is 0 Å². The predicted octanol–water partition coefficient (Wildman–Crippen LogP) is 5.67. The van der Waals surface area contributed by atoms with Gasteiger partial charge in [-0.1, -0.05) is 67.7 Å². The molecule has 2 aliphatic heterocycles. The summed E-state index contributed by atoms with van der Waals surface area (Å²) in [6.45, 7) is 7.08. The molecule has 1 saturated heterocycles. The van der Waals surface area contributed by atoms with Gasteiger partial charge in [0, 0.05) is 35.0 Å². The van der Waals surface area contributed by atoms with Crippen molar-refractivity contribution in [1.82, 2.24) is 0 Å². The minimum Gasteiger partial charge on any atom is -0.497 e. The smallest absolute Gasteiger partial charge is 0.264 e. The maximum absolute atomic E-state index is 14.9. The first-order valence-electron chi connectivity index (χ1n) is 15.7. The molecule has 0 radical (unpaired) electrons. The van der Waals surface area contributed by atoms with E-state index in [0.717, 1.165) is 22.6 Å². The van der Waals surface area contributed by atoms with Crippen LogP contribution < -0.4 is 25.9 Å². The first-order valence-corrected chi connectivity index (χ1v) is 18.8. The van der Waals surface area contributed by atoms with Crippen molar-refractivity contribution in [1.29, 1.82) is 0 Å². The number of hydrogen-bond donors (Lipinski definition) is 3. The Hall–Kier alpha value is -4.44. The second-order valence-electron chi connectivity index (χ2n) is 12.9. The number of aliphatic hydroxyl groups is 1. The molecule has 0 saturated carbocycles. The van der Waals surface area contributed by atoms with Gasteiger partial charge in [0.15, 0.2) is 5.60 Å². The quantitative estimate of drug-likeness (QED) is 0.161. The van der Waals surface area contributed by atoms with Gasteiger partial charge in [-0.25, -0.2) is 0 Å². The van der Waals surface area contributed by atoms with Crippen LogP contribution in [0.2, 0.25) is 18.6 Å². The van der Waals surface area contributed by atoms with E-state index in [4.69, 9.17) is 15.2 Å². The lowest BCUT2D eigenvalue weighted by Gasteiger charge is -2.37. The molecule has 4 atom stereocenters. The minimum atomic E-state index is -2.32. The zero-order chi connectivity index (χ0) is 32.6. The van der Waals surface area contributed by atoms with Crippen molar-refractivity contribution in [3.8, 4) is 5.75 Å². The van der Waals surface area contributed by atoms with Gasteiger partial charge in [0.1, 0.15) is 5.75 Å². The lowest BCUT2D eigenvalue weighted by Crippen LogP contribution is -2.51. The number of methoxy groups -OCH3 is 1. The highest BCUT2D eigenvalue weighted by molar-refractivity contribution is 6.91. The molecule has 238 valence electrons. The number of amides is 2. The van der Waals surface area contributed by atoms with Crippen molar-refractivity contribution in [3.63, 3.8) is 0 Å². The molecule has 4 aromatic rings. The number of ether oxygens (including phenoxy) is 2. The van der Waals surface area contributed by atoms with E-state index < -0.39 is 13.7 Å². The van der Waals surface area contributed by atoms with E-state index in [9.17, 15) is 14.7 Å². The second kappa shape index (κ2) is 12.4. The third-order valence-corrected chi connectivity index (χ3v) is 14.2. The Bertz CT molecular complexity index is 1730. The van der Waals surface area contributed by atoms with Crippen LogP contribution in [0.5, 0.6) is 5.75 Å². The van der Waals surface area contributed by atoms with Crippen LogP contribution in [0, 0.1) is 5.92 Å². The van der Waals surface area contributed by atoms with Crippen molar-refractivity contribution in [2.75, 3.05) is 29.7 Å². The van der Waals surface area contributed by atoms with Gasteiger partial charge in [0.2, 0.25) is 0 Å². The van der Waals surface area contributed by atoms with Crippen LogP contribution in [-0.4, -0.2) is 44.8 Å². The van der Waals surface area contributed by atoms with Gasteiger partial charge in [-0.3, -0.25) is 9.59 Å². The van der Waals surface area contributed by atoms with Gasteiger partial charge in [-0.2, -0.15) is 0 Å². The summed E-state index contributed by atoms with van der Waals surface area (Å²) in [6.07, 6.45) is 0.0725. The number of carbonyl (C=O) groups excluding carboxylic acids is 2. The van der Waals surface area contributed by atoms with Gasteiger partial charge in [0.05, 0.1) is 33.5 Å². The lowest BCUT2D eigenvalue weighted by molar-refractivity contribution is -0.146. The average molecular weight is 636 g/mol. The molecule has 0 bridgehead atoms. The fraction of sp³-hybridized carbons (Fsp3) is 0.297. The van der Waals surface area contributed by atoms with Crippen LogP contribution in [-0.2, 0) is 21.7 Å². The highest BCUT2D eigenvalue weighted by atomic mass is 28.3. The fourth-order valence-electron chi connectivity index (χ4n) is 7.55. The number of aliphatic hydroxyl groups excluding tert-OH is 1. The molecule has 46 heavy (non-hydrogen) atoms. The Morgan fingerprint density at radius 3 is 2.37 bits per heavy atom. The van der Waals surface area contributed by atoms with Gasteiger partial charge in [-0.15, -0.1) is 0 Å². The number of hydrogen-bond acceptors (Lipinski definition) is 6. The van der Waals surface area contributed by atoms with Crippen LogP contribution in [0.3, 0.4) is 0 Å². The van der Waals surface area contributed by atoms with Crippen LogP contribution in [0.25, 0.3) is 0 Å². The summed E-state index contributed by atoms with van der Waals surface area (Å²) in [4.78, 5) is 29.9. The number of anilines is 3. The largest absolute Gasteiger partial charge is 0.497 e. The van der Waals surface area contributed by atoms with Gasteiger partial charge in [0.25, 0.3) is 11.8 Å². The van der Waals surface area contributed by atoms with Gasteiger partial charge < -0.3 is 30.5 Å². The topological polar surface area (TPSA) is 114 Å². The summed E-state index contributed by atoms with van der Waals surface area (Å²) in [5.74, 6) is 0.176. The molecule has 9 heteroatoms. The monoisotopic (exact) mass is 635 g/mol. The number of rotatable bonds is 9. The lowest BCUT2D eigenvalue weighted by atomic mass is 9.82. The molecule has 2 amide bonds. The summed E-state index contributed by atoms with van der Waals surface area (Å²) in [5, 5.41) is 14.5. The first kappa shape index (κ1) is 31.5. The number of nitrogens with zero attached hydrogens (tertiary/aromatic N) is 1. The maximum Gasteiger partial charge on any atom is 0.264 e. The molecule has 1 fully saturated rings. The molecule has 4 N–H and O–H groups in total. The standard InChI is InChI=1S/C37H41N3O5Si/c1-24-34(46(3,4)30-17-15-29(44-2)16-18-30)33(20-21-41)45-37(24)31-22-28(39-35(42)26-10-12-27(38)13-11-26)14-19-32(31)40(36(37)43)23-25-8-6-5-7-9-25/h5-19,22,24,33-34,41H,20-21,23,38H2,1-4H3,(H,39,42)/t24-,33+,34-,37+/m1/s1. The molecule has 2 aliphatic rings. The first-order chi connectivity index (χ1) is 22.1. The van der Waals surface area contributed by atoms with E-state index in [1.807, 2.05) is 65.6 Å². The highest BCUT2D eigenvalue weighted by Gasteiger charge is 2.66. The van der Waals surface area contributed by atoms with E-state index in [-0.39, 0.29) is 36.0 Å². The summed E-state index contributed by atoms with van der Waals surface area (Å²) in [5.41, 5.74) is 8.68. The molecule has 0 unspecified atom stereocenters. The molecular formula is C37H41N3O5Si. The van der Waals surface area contributed by atoms with Crippen molar-refractivity contribution < 1.29 is 24.2 Å².